The van der Waals surface area contributed by atoms with E-state index in [2.05, 4.69) is 9.30 Å². The normalized spacial score (nSPS) is 18.6. The maximum atomic E-state index is 9.69. The predicted molar refractivity (Wildman–Crippen MR) is 79.7 cm³/mol. The van der Waals surface area contributed by atoms with Gasteiger partial charge in [-0.1, -0.05) is 6.07 Å². The smallest absolute Gasteiger partial charge is 0.152 e. The fourth-order valence-corrected chi connectivity index (χ4v) is 3.07. The van der Waals surface area contributed by atoms with Crippen molar-refractivity contribution in [3.63, 3.8) is 0 Å². The van der Waals surface area contributed by atoms with Gasteiger partial charge in [-0.15, -0.1) is 0 Å². The monoisotopic (exact) mass is 274 g/mol. The summed E-state index contributed by atoms with van der Waals surface area (Å²) in [6.45, 7) is 4.24. The minimum absolute atomic E-state index is 0.216. The molecule has 0 spiro atoms. The van der Waals surface area contributed by atoms with E-state index < -0.39 is 0 Å². The molecule has 0 amide bonds. The Balaban J connectivity index is 1.87. The van der Waals surface area contributed by atoms with E-state index in [1.807, 2.05) is 31.3 Å². The molecular formula is C15H22N4O. The fourth-order valence-electron chi connectivity index (χ4n) is 3.07. The topological polar surface area (TPSA) is 66.8 Å². The lowest BCUT2D eigenvalue weighted by Crippen LogP contribution is -2.37. The molecule has 0 aliphatic carbocycles. The zero-order valence-electron chi connectivity index (χ0n) is 11.9. The van der Waals surface area contributed by atoms with E-state index in [0.29, 0.717) is 12.5 Å². The van der Waals surface area contributed by atoms with Crippen LogP contribution in [-0.2, 0) is 6.54 Å². The van der Waals surface area contributed by atoms with Crippen molar-refractivity contribution in [1.29, 1.82) is 0 Å². The maximum absolute atomic E-state index is 9.69. The summed E-state index contributed by atoms with van der Waals surface area (Å²) in [6, 6.07) is 5.99. The molecule has 0 saturated carbocycles. The molecule has 3 heterocycles. The third kappa shape index (κ3) is 2.27. The number of nitrogens with two attached hydrogens (primary N) is 1. The minimum Gasteiger partial charge on any atom is -0.393 e. The van der Waals surface area contributed by atoms with E-state index in [-0.39, 0.29) is 6.10 Å². The number of aliphatic hydroxyl groups is 1. The minimum atomic E-state index is -0.216. The van der Waals surface area contributed by atoms with Gasteiger partial charge in [0.1, 0.15) is 5.65 Å². The highest BCUT2D eigenvalue weighted by Gasteiger charge is 2.25. The Morgan fingerprint density at radius 1 is 1.40 bits per heavy atom. The Morgan fingerprint density at radius 3 is 2.80 bits per heavy atom. The Hall–Kier alpha value is -1.59. The van der Waals surface area contributed by atoms with Gasteiger partial charge in [0.15, 0.2) is 5.82 Å². The van der Waals surface area contributed by atoms with E-state index in [9.17, 15) is 5.11 Å². The number of hydrogen-bond acceptors (Lipinski definition) is 4. The standard InChI is InChI=1S/C15H22N4O/c1-11(20)12-5-8-18(9-6-12)15-13(10-16)19-7-3-2-4-14(19)17-15/h2-4,7,11-12,20H,5-6,8-10,16H2,1H3. The van der Waals surface area contributed by atoms with Crippen LogP contribution in [0.15, 0.2) is 24.4 Å². The van der Waals surface area contributed by atoms with E-state index in [1.165, 1.54) is 0 Å². The van der Waals surface area contributed by atoms with Crippen LogP contribution >= 0.6 is 0 Å². The van der Waals surface area contributed by atoms with Gasteiger partial charge in [-0.05, 0) is 37.8 Å². The highest BCUT2D eigenvalue weighted by molar-refractivity contribution is 5.56. The molecule has 1 saturated heterocycles. The SMILES string of the molecule is CC(O)C1CCN(c2nc3ccccn3c2CN)CC1. The highest BCUT2D eigenvalue weighted by atomic mass is 16.3. The third-order valence-electron chi connectivity index (χ3n) is 4.32. The van der Waals surface area contributed by atoms with Gasteiger partial charge in [-0.2, -0.15) is 0 Å². The predicted octanol–water partition coefficient (Wildman–Crippen LogP) is 1.39. The molecule has 3 rings (SSSR count). The molecule has 1 aliphatic rings. The molecule has 2 aromatic rings. The van der Waals surface area contributed by atoms with Crippen molar-refractivity contribution in [2.45, 2.75) is 32.4 Å². The summed E-state index contributed by atoms with van der Waals surface area (Å²) in [5.74, 6) is 1.41. The molecule has 0 aromatic carbocycles. The van der Waals surface area contributed by atoms with Crippen molar-refractivity contribution in [2.75, 3.05) is 18.0 Å². The summed E-state index contributed by atoms with van der Waals surface area (Å²) in [7, 11) is 0. The Morgan fingerprint density at radius 2 is 2.15 bits per heavy atom. The molecule has 2 aromatic heterocycles. The zero-order chi connectivity index (χ0) is 14.1. The van der Waals surface area contributed by atoms with Crippen LogP contribution in [0.3, 0.4) is 0 Å². The van der Waals surface area contributed by atoms with E-state index in [1.54, 1.807) is 0 Å². The van der Waals surface area contributed by atoms with Gasteiger partial charge in [-0.25, -0.2) is 4.98 Å². The van der Waals surface area contributed by atoms with Crippen molar-refractivity contribution >= 4 is 11.5 Å². The number of nitrogens with zero attached hydrogens (tertiary/aromatic N) is 3. The van der Waals surface area contributed by atoms with Crippen LogP contribution in [0.25, 0.3) is 5.65 Å². The van der Waals surface area contributed by atoms with Gasteiger partial charge < -0.3 is 20.1 Å². The molecule has 1 atom stereocenters. The molecule has 1 unspecified atom stereocenters. The van der Waals surface area contributed by atoms with E-state index >= 15 is 0 Å². The molecule has 1 aliphatic heterocycles. The van der Waals surface area contributed by atoms with Gasteiger partial charge in [0.25, 0.3) is 0 Å². The molecule has 108 valence electrons. The summed E-state index contributed by atoms with van der Waals surface area (Å²) < 4.78 is 2.07. The zero-order valence-corrected chi connectivity index (χ0v) is 11.9. The first-order chi connectivity index (χ1) is 9.70. The average molecular weight is 274 g/mol. The first-order valence-corrected chi connectivity index (χ1v) is 7.29. The van der Waals surface area contributed by atoms with Gasteiger partial charge >= 0.3 is 0 Å². The summed E-state index contributed by atoms with van der Waals surface area (Å²) in [5, 5.41) is 9.69. The van der Waals surface area contributed by atoms with Crippen LogP contribution < -0.4 is 10.6 Å². The summed E-state index contributed by atoms with van der Waals surface area (Å²) in [5.41, 5.74) is 7.93. The van der Waals surface area contributed by atoms with Gasteiger partial charge in [0.2, 0.25) is 0 Å². The number of aromatic nitrogens is 2. The molecule has 5 nitrogen and oxygen atoms in total. The van der Waals surface area contributed by atoms with Crippen molar-refractivity contribution in [1.82, 2.24) is 9.38 Å². The van der Waals surface area contributed by atoms with Crippen LogP contribution in [0.4, 0.5) is 5.82 Å². The van der Waals surface area contributed by atoms with Gasteiger partial charge in [0.05, 0.1) is 11.8 Å². The molecule has 1 fully saturated rings. The molecular weight excluding hydrogens is 252 g/mol. The second-order valence-corrected chi connectivity index (χ2v) is 5.58. The lowest BCUT2D eigenvalue weighted by Gasteiger charge is -2.33. The quantitative estimate of drug-likeness (QED) is 0.887. The fraction of sp³-hybridized carbons (Fsp3) is 0.533. The van der Waals surface area contributed by atoms with Crippen molar-refractivity contribution < 1.29 is 5.11 Å². The number of imidazole rings is 1. The lowest BCUT2D eigenvalue weighted by molar-refractivity contribution is 0.110. The second kappa shape index (κ2) is 5.42. The van der Waals surface area contributed by atoms with Crippen molar-refractivity contribution in [2.24, 2.45) is 11.7 Å². The first kappa shape index (κ1) is 13.4. The Labute approximate surface area is 119 Å². The van der Waals surface area contributed by atoms with E-state index in [4.69, 9.17) is 10.7 Å². The van der Waals surface area contributed by atoms with Crippen LogP contribution in [0.5, 0.6) is 0 Å². The summed E-state index contributed by atoms with van der Waals surface area (Å²) >= 11 is 0. The maximum Gasteiger partial charge on any atom is 0.152 e. The Bertz CT molecular complexity index is 585. The van der Waals surface area contributed by atoms with Gasteiger partial charge in [-0.3, -0.25) is 0 Å². The molecule has 0 radical (unpaired) electrons. The Kier molecular flexibility index (Phi) is 3.63. The van der Waals surface area contributed by atoms with Crippen LogP contribution in [0, 0.1) is 5.92 Å². The molecule has 5 heteroatoms. The highest BCUT2D eigenvalue weighted by Crippen LogP contribution is 2.27. The van der Waals surface area contributed by atoms with Crippen molar-refractivity contribution in [3.8, 4) is 0 Å². The summed E-state index contributed by atoms with van der Waals surface area (Å²) in [6.07, 6.45) is 3.81. The molecule has 0 bridgehead atoms. The van der Waals surface area contributed by atoms with Crippen LogP contribution in [0.2, 0.25) is 0 Å². The molecule has 20 heavy (non-hydrogen) atoms. The number of pyridine rings is 1. The number of piperidine rings is 1. The van der Waals surface area contributed by atoms with Crippen LogP contribution in [-0.4, -0.2) is 33.7 Å². The first-order valence-electron chi connectivity index (χ1n) is 7.29. The van der Waals surface area contributed by atoms with Gasteiger partial charge in [0, 0.05) is 25.8 Å². The number of anilines is 1. The van der Waals surface area contributed by atoms with Crippen molar-refractivity contribution in [3.05, 3.63) is 30.1 Å². The molecule has 3 N–H and O–H groups in total. The number of fused-ring (bicyclic) bond motifs is 1. The second-order valence-electron chi connectivity index (χ2n) is 5.58. The summed E-state index contributed by atoms with van der Waals surface area (Å²) in [4.78, 5) is 7.02. The van der Waals surface area contributed by atoms with Crippen LogP contribution in [0.1, 0.15) is 25.5 Å². The average Bonchev–Trinajstić information content (AvgIpc) is 2.85. The van der Waals surface area contributed by atoms with E-state index in [0.717, 1.165) is 43.1 Å². The lowest BCUT2D eigenvalue weighted by atomic mass is 9.92. The number of rotatable bonds is 3. The number of hydrogen-bond donors (Lipinski definition) is 2. The number of aliphatic hydroxyl groups excluding tert-OH is 1. The third-order valence-corrected chi connectivity index (χ3v) is 4.32. The largest absolute Gasteiger partial charge is 0.393 e.